The molecule has 1 aliphatic heterocycles. The summed E-state index contributed by atoms with van der Waals surface area (Å²) >= 11 is 0. The molecule has 3 rings (SSSR count). The first-order valence-electron chi connectivity index (χ1n) is 7.43. The Morgan fingerprint density at radius 3 is 3.00 bits per heavy atom. The van der Waals surface area contributed by atoms with E-state index in [1.54, 1.807) is 0 Å². The SMILES string of the molecule is CCc1nc2cc(NC(=O)C3C=CCN3)ccc2n1CC. The predicted molar refractivity (Wildman–Crippen MR) is 84.3 cm³/mol. The zero-order valence-electron chi connectivity index (χ0n) is 12.4. The summed E-state index contributed by atoms with van der Waals surface area (Å²) in [6.45, 7) is 5.88. The quantitative estimate of drug-likeness (QED) is 0.845. The molecular formula is C16H20N4O. The van der Waals surface area contributed by atoms with Crippen LogP contribution in [0.1, 0.15) is 19.7 Å². The number of amides is 1. The van der Waals surface area contributed by atoms with Crippen molar-refractivity contribution in [3.05, 3.63) is 36.2 Å². The number of anilines is 1. The summed E-state index contributed by atoms with van der Waals surface area (Å²) in [6.07, 6.45) is 4.75. The molecule has 2 aromatic rings. The molecule has 21 heavy (non-hydrogen) atoms. The van der Waals surface area contributed by atoms with Gasteiger partial charge in [-0.15, -0.1) is 0 Å². The molecule has 0 aliphatic carbocycles. The maximum Gasteiger partial charge on any atom is 0.245 e. The molecule has 1 aromatic heterocycles. The first-order valence-corrected chi connectivity index (χ1v) is 7.43. The van der Waals surface area contributed by atoms with E-state index < -0.39 is 0 Å². The number of nitrogens with one attached hydrogen (secondary N) is 2. The van der Waals surface area contributed by atoms with Crippen LogP contribution in [0.4, 0.5) is 5.69 Å². The van der Waals surface area contributed by atoms with Gasteiger partial charge in [0.05, 0.1) is 11.0 Å². The number of fused-ring (bicyclic) bond motifs is 1. The molecule has 1 atom stereocenters. The van der Waals surface area contributed by atoms with Gasteiger partial charge in [-0.3, -0.25) is 10.1 Å². The van der Waals surface area contributed by atoms with Crippen molar-refractivity contribution >= 4 is 22.6 Å². The predicted octanol–water partition coefficient (Wildman–Crippen LogP) is 2.09. The van der Waals surface area contributed by atoms with E-state index in [-0.39, 0.29) is 11.9 Å². The van der Waals surface area contributed by atoms with Crippen molar-refractivity contribution in [1.29, 1.82) is 0 Å². The van der Waals surface area contributed by atoms with Crippen molar-refractivity contribution in [2.24, 2.45) is 0 Å². The van der Waals surface area contributed by atoms with Gasteiger partial charge in [-0.05, 0) is 25.1 Å². The van der Waals surface area contributed by atoms with Gasteiger partial charge in [0.1, 0.15) is 11.9 Å². The third-order valence-electron chi connectivity index (χ3n) is 3.79. The number of hydrogen-bond acceptors (Lipinski definition) is 3. The topological polar surface area (TPSA) is 59.0 Å². The van der Waals surface area contributed by atoms with Crippen molar-refractivity contribution in [2.75, 3.05) is 11.9 Å². The summed E-state index contributed by atoms with van der Waals surface area (Å²) in [6, 6.07) is 5.67. The van der Waals surface area contributed by atoms with Crippen molar-refractivity contribution < 1.29 is 4.79 Å². The Hall–Kier alpha value is -2.14. The zero-order chi connectivity index (χ0) is 14.8. The number of aromatic nitrogens is 2. The first kappa shape index (κ1) is 13.8. The van der Waals surface area contributed by atoms with Crippen molar-refractivity contribution in [3.8, 4) is 0 Å². The van der Waals surface area contributed by atoms with Crippen LogP contribution >= 0.6 is 0 Å². The lowest BCUT2D eigenvalue weighted by molar-refractivity contribution is -0.116. The van der Waals surface area contributed by atoms with Crippen molar-refractivity contribution in [2.45, 2.75) is 32.9 Å². The van der Waals surface area contributed by atoms with E-state index in [4.69, 9.17) is 0 Å². The smallest absolute Gasteiger partial charge is 0.245 e. The summed E-state index contributed by atoms with van der Waals surface area (Å²) in [7, 11) is 0. The van der Waals surface area contributed by atoms with Gasteiger partial charge in [0.15, 0.2) is 0 Å². The van der Waals surface area contributed by atoms with Gasteiger partial charge in [0.25, 0.3) is 0 Å². The second kappa shape index (κ2) is 5.69. The lowest BCUT2D eigenvalue weighted by Gasteiger charge is -2.10. The Morgan fingerprint density at radius 1 is 1.48 bits per heavy atom. The van der Waals surface area contributed by atoms with Gasteiger partial charge >= 0.3 is 0 Å². The molecule has 0 radical (unpaired) electrons. The number of carbonyl (C=O) groups is 1. The van der Waals surface area contributed by atoms with E-state index in [2.05, 4.69) is 34.0 Å². The Bertz CT molecular complexity index is 702. The summed E-state index contributed by atoms with van der Waals surface area (Å²) in [5.41, 5.74) is 2.84. The Balaban J connectivity index is 1.87. The zero-order valence-corrected chi connectivity index (χ0v) is 12.4. The highest BCUT2D eigenvalue weighted by atomic mass is 16.2. The minimum atomic E-state index is -0.236. The molecule has 1 aliphatic rings. The second-order valence-electron chi connectivity index (χ2n) is 5.13. The number of imidazole rings is 1. The third-order valence-corrected chi connectivity index (χ3v) is 3.79. The largest absolute Gasteiger partial charge is 0.328 e. The van der Waals surface area contributed by atoms with Crippen LogP contribution in [0.3, 0.4) is 0 Å². The van der Waals surface area contributed by atoms with Gasteiger partial charge < -0.3 is 9.88 Å². The molecule has 2 heterocycles. The summed E-state index contributed by atoms with van der Waals surface area (Å²) in [5.74, 6) is 1.05. The molecule has 1 amide bonds. The number of benzene rings is 1. The van der Waals surface area contributed by atoms with Crippen LogP contribution in [-0.2, 0) is 17.8 Å². The maximum absolute atomic E-state index is 12.1. The van der Waals surface area contributed by atoms with E-state index in [1.165, 1.54) is 0 Å². The van der Waals surface area contributed by atoms with Crippen LogP contribution in [0, 0.1) is 0 Å². The minimum absolute atomic E-state index is 0.0336. The number of carbonyl (C=O) groups excluding carboxylic acids is 1. The molecule has 110 valence electrons. The molecule has 0 saturated carbocycles. The summed E-state index contributed by atoms with van der Waals surface area (Å²) in [5, 5.41) is 6.04. The molecule has 1 aromatic carbocycles. The molecule has 0 spiro atoms. The van der Waals surface area contributed by atoms with E-state index in [0.717, 1.165) is 42.1 Å². The van der Waals surface area contributed by atoms with Gasteiger partial charge in [-0.2, -0.15) is 0 Å². The summed E-state index contributed by atoms with van der Waals surface area (Å²) < 4.78 is 2.21. The molecular weight excluding hydrogens is 264 g/mol. The molecule has 0 bridgehead atoms. The van der Waals surface area contributed by atoms with Crippen LogP contribution in [0.15, 0.2) is 30.4 Å². The Kier molecular flexibility index (Phi) is 3.75. The second-order valence-corrected chi connectivity index (χ2v) is 5.13. The molecule has 0 saturated heterocycles. The first-order chi connectivity index (χ1) is 10.2. The third kappa shape index (κ3) is 2.56. The van der Waals surface area contributed by atoms with Crippen LogP contribution in [0.2, 0.25) is 0 Å². The van der Waals surface area contributed by atoms with Crippen LogP contribution < -0.4 is 10.6 Å². The number of aryl methyl sites for hydroxylation is 2. The van der Waals surface area contributed by atoms with E-state index in [1.807, 2.05) is 30.4 Å². The highest BCUT2D eigenvalue weighted by Crippen LogP contribution is 2.21. The fourth-order valence-electron chi connectivity index (χ4n) is 2.75. The van der Waals surface area contributed by atoms with Crippen LogP contribution in [0.25, 0.3) is 11.0 Å². The number of rotatable bonds is 4. The van der Waals surface area contributed by atoms with E-state index >= 15 is 0 Å². The fraction of sp³-hybridized carbons (Fsp3) is 0.375. The lowest BCUT2D eigenvalue weighted by Crippen LogP contribution is -2.35. The average molecular weight is 284 g/mol. The lowest BCUT2D eigenvalue weighted by atomic mass is 10.2. The minimum Gasteiger partial charge on any atom is -0.328 e. The van der Waals surface area contributed by atoms with Crippen LogP contribution in [-0.4, -0.2) is 28.0 Å². The van der Waals surface area contributed by atoms with E-state index in [9.17, 15) is 4.79 Å². The average Bonchev–Trinajstić information content (AvgIpc) is 3.13. The van der Waals surface area contributed by atoms with Crippen LogP contribution in [0.5, 0.6) is 0 Å². The highest BCUT2D eigenvalue weighted by Gasteiger charge is 2.17. The van der Waals surface area contributed by atoms with Gasteiger partial charge in [-0.1, -0.05) is 19.1 Å². The highest BCUT2D eigenvalue weighted by molar-refractivity contribution is 5.97. The summed E-state index contributed by atoms with van der Waals surface area (Å²) in [4.78, 5) is 16.7. The molecule has 5 nitrogen and oxygen atoms in total. The normalized spacial score (nSPS) is 17.5. The maximum atomic E-state index is 12.1. The fourth-order valence-corrected chi connectivity index (χ4v) is 2.75. The van der Waals surface area contributed by atoms with Gasteiger partial charge in [0, 0.05) is 25.2 Å². The van der Waals surface area contributed by atoms with Crippen molar-refractivity contribution in [3.63, 3.8) is 0 Å². The van der Waals surface area contributed by atoms with Gasteiger partial charge in [0.2, 0.25) is 5.91 Å². The standard InChI is InChI=1S/C16H20N4O/c1-3-15-19-13-10-11(7-8-14(13)20(15)4-2)18-16(21)12-6-5-9-17-12/h5-8,10,12,17H,3-4,9H2,1-2H3,(H,18,21). The van der Waals surface area contributed by atoms with E-state index in [0.29, 0.717) is 0 Å². The van der Waals surface area contributed by atoms with Gasteiger partial charge in [-0.25, -0.2) is 4.98 Å². The monoisotopic (exact) mass is 284 g/mol. The number of hydrogen-bond donors (Lipinski definition) is 2. The van der Waals surface area contributed by atoms with Crippen molar-refractivity contribution in [1.82, 2.24) is 14.9 Å². The Morgan fingerprint density at radius 2 is 2.33 bits per heavy atom. The molecule has 5 heteroatoms. The molecule has 0 fully saturated rings. The Labute approximate surface area is 124 Å². The number of nitrogens with zero attached hydrogens (tertiary/aromatic N) is 2. The molecule has 1 unspecified atom stereocenters. The molecule has 2 N–H and O–H groups in total.